The van der Waals surface area contributed by atoms with Crippen LogP contribution in [0.25, 0.3) is 0 Å². The third-order valence-electron chi connectivity index (χ3n) is 1.93. The lowest BCUT2D eigenvalue weighted by Crippen LogP contribution is -2.00. The van der Waals surface area contributed by atoms with Gasteiger partial charge in [0.1, 0.15) is 9.52 Å². The molecule has 0 aliphatic heterocycles. The van der Waals surface area contributed by atoms with Crippen LogP contribution in [0.2, 0.25) is 0 Å². The third kappa shape index (κ3) is 2.78. The van der Waals surface area contributed by atoms with E-state index in [4.69, 9.17) is 0 Å². The van der Waals surface area contributed by atoms with Gasteiger partial charge in [-0.3, -0.25) is 4.68 Å². The van der Waals surface area contributed by atoms with Crippen molar-refractivity contribution < 1.29 is 4.39 Å². The zero-order valence-corrected chi connectivity index (χ0v) is 11.4. The number of nitrogens with zero attached hydrogens (tertiary/aromatic N) is 2. The van der Waals surface area contributed by atoms with Crippen molar-refractivity contribution in [3.63, 3.8) is 0 Å². The predicted octanol–water partition coefficient (Wildman–Crippen LogP) is 3.44. The largest absolute Gasteiger partial charge is 0.266 e. The van der Waals surface area contributed by atoms with Crippen LogP contribution in [0.1, 0.15) is 5.56 Å². The summed E-state index contributed by atoms with van der Waals surface area (Å²) in [6.45, 7) is 0.655. The fourth-order valence-corrected chi connectivity index (χ4v) is 1.96. The average molecular weight is 381 g/mol. The van der Waals surface area contributed by atoms with Gasteiger partial charge >= 0.3 is 0 Å². The molecule has 0 amide bonds. The molecule has 0 fully saturated rings. The Morgan fingerprint density at radius 1 is 1.33 bits per heavy atom. The smallest absolute Gasteiger partial charge is 0.137 e. The quantitative estimate of drug-likeness (QED) is 0.730. The van der Waals surface area contributed by atoms with Gasteiger partial charge in [-0.2, -0.15) is 5.10 Å². The van der Waals surface area contributed by atoms with Crippen molar-refractivity contribution >= 4 is 38.5 Å². The van der Waals surface area contributed by atoms with Gasteiger partial charge in [-0.25, -0.2) is 4.39 Å². The molecule has 2 rings (SSSR count). The van der Waals surface area contributed by atoms with E-state index < -0.39 is 0 Å². The number of rotatable bonds is 2. The first-order chi connectivity index (χ1) is 7.15. The number of benzene rings is 1. The minimum Gasteiger partial charge on any atom is -0.266 e. The Balaban J connectivity index is 2.18. The van der Waals surface area contributed by atoms with E-state index in [9.17, 15) is 4.39 Å². The summed E-state index contributed by atoms with van der Waals surface area (Å²) in [5, 5.41) is 4.29. The van der Waals surface area contributed by atoms with E-state index in [1.807, 2.05) is 10.9 Å². The van der Waals surface area contributed by atoms with Gasteiger partial charge in [0.2, 0.25) is 0 Å². The number of halogens is 3. The monoisotopic (exact) mass is 380 g/mol. The molecule has 2 aromatic rings. The topological polar surface area (TPSA) is 17.8 Å². The van der Waals surface area contributed by atoms with E-state index in [-0.39, 0.29) is 5.82 Å². The normalized spacial score (nSPS) is 10.6. The molecule has 5 heteroatoms. The summed E-state index contributed by atoms with van der Waals surface area (Å²) in [5.41, 5.74) is 1.03. The third-order valence-corrected chi connectivity index (χ3v) is 4.05. The van der Waals surface area contributed by atoms with Crippen LogP contribution in [0, 0.1) is 9.52 Å². The van der Waals surface area contributed by atoms with Crippen LogP contribution in [-0.2, 0) is 6.54 Å². The average Bonchev–Trinajstić information content (AvgIpc) is 2.50. The van der Waals surface area contributed by atoms with Gasteiger partial charge in [0.05, 0.1) is 11.0 Å². The van der Waals surface area contributed by atoms with Crippen molar-refractivity contribution in [3.8, 4) is 0 Å². The Morgan fingerprint density at radius 2 is 2.00 bits per heavy atom. The molecule has 1 heterocycles. The standard InChI is InChI=1S/C10H7BrFIN2/c11-9-6-15(14-10(9)13)5-7-1-3-8(12)4-2-7/h1-4,6H,5H2. The van der Waals surface area contributed by atoms with Gasteiger partial charge in [-0.15, -0.1) is 0 Å². The minimum absolute atomic E-state index is 0.213. The molecule has 0 bridgehead atoms. The van der Waals surface area contributed by atoms with Crippen LogP contribution in [0.4, 0.5) is 4.39 Å². The molecule has 78 valence electrons. The second kappa shape index (κ2) is 4.61. The fourth-order valence-electron chi connectivity index (χ4n) is 1.23. The first kappa shape index (κ1) is 11.1. The lowest BCUT2D eigenvalue weighted by atomic mass is 10.2. The van der Waals surface area contributed by atoms with Crippen molar-refractivity contribution in [1.82, 2.24) is 9.78 Å². The molecule has 0 saturated carbocycles. The van der Waals surface area contributed by atoms with Gasteiger partial charge in [0, 0.05) is 6.20 Å². The summed E-state index contributed by atoms with van der Waals surface area (Å²) in [5.74, 6) is -0.213. The van der Waals surface area contributed by atoms with Crippen LogP contribution in [0.15, 0.2) is 34.9 Å². The maximum atomic E-state index is 12.7. The fraction of sp³-hybridized carbons (Fsp3) is 0.100. The van der Waals surface area contributed by atoms with Crippen molar-refractivity contribution in [2.24, 2.45) is 0 Å². The van der Waals surface area contributed by atoms with Crippen molar-refractivity contribution in [2.75, 3.05) is 0 Å². The summed E-state index contributed by atoms with van der Waals surface area (Å²) in [7, 11) is 0. The second-order valence-electron chi connectivity index (χ2n) is 3.09. The minimum atomic E-state index is -0.213. The zero-order chi connectivity index (χ0) is 10.8. The Hall–Kier alpha value is -0.430. The van der Waals surface area contributed by atoms with E-state index in [0.29, 0.717) is 6.54 Å². The molecule has 0 spiro atoms. The Labute approximate surface area is 109 Å². The highest BCUT2D eigenvalue weighted by atomic mass is 127. The van der Waals surface area contributed by atoms with Crippen molar-refractivity contribution in [3.05, 3.63) is 50.0 Å². The molecular formula is C10H7BrFIN2. The van der Waals surface area contributed by atoms with Gasteiger partial charge in [-0.1, -0.05) is 12.1 Å². The molecule has 0 aliphatic rings. The molecule has 1 aromatic carbocycles. The molecule has 15 heavy (non-hydrogen) atoms. The van der Waals surface area contributed by atoms with E-state index in [0.717, 1.165) is 13.7 Å². The Morgan fingerprint density at radius 3 is 2.53 bits per heavy atom. The second-order valence-corrected chi connectivity index (χ2v) is 4.97. The summed E-state index contributed by atoms with van der Waals surface area (Å²) in [4.78, 5) is 0. The van der Waals surface area contributed by atoms with Crippen LogP contribution in [0.3, 0.4) is 0 Å². The SMILES string of the molecule is Fc1ccc(Cn2cc(Br)c(I)n2)cc1. The molecule has 0 unspecified atom stereocenters. The molecule has 0 N–H and O–H groups in total. The van der Waals surface area contributed by atoms with E-state index in [1.54, 1.807) is 12.1 Å². The molecule has 0 saturated heterocycles. The molecule has 1 aromatic heterocycles. The lowest BCUT2D eigenvalue weighted by molar-refractivity contribution is 0.624. The van der Waals surface area contributed by atoms with Gasteiger partial charge in [0.15, 0.2) is 0 Å². The van der Waals surface area contributed by atoms with Crippen LogP contribution in [0.5, 0.6) is 0 Å². The van der Waals surface area contributed by atoms with E-state index >= 15 is 0 Å². The van der Waals surface area contributed by atoms with Crippen LogP contribution in [-0.4, -0.2) is 9.78 Å². The highest BCUT2D eigenvalue weighted by Gasteiger charge is 2.03. The van der Waals surface area contributed by atoms with Crippen LogP contribution >= 0.6 is 38.5 Å². The first-order valence-electron chi connectivity index (χ1n) is 4.28. The number of aromatic nitrogens is 2. The summed E-state index contributed by atoms with van der Waals surface area (Å²) in [6, 6.07) is 6.44. The summed E-state index contributed by atoms with van der Waals surface area (Å²) < 4.78 is 16.4. The molecule has 0 aliphatic carbocycles. The van der Waals surface area contributed by atoms with E-state index in [2.05, 4.69) is 43.6 Å². The maximum Gasteiger partial charge on any atom is 0.137 e. The van der Waals surface area contributed by atoms with Crippen molar-refractivity contribution in [1.29, 1.82) is 0 Å². The molecular weight excluding hydrogens is 374 g/mol. The van der Waals surface area contributed by atoms with Crippen LogP contribution < -0.4 is 0 Å². The number of hydrogen-bond acceptors (Lipinski definition) is 1. The van der Waals surface area contributed by atoms with Gasteiger partial charge in [0.25, 0.3) is 0 Å². The lowest BCUT2D eigenvalue weighted by Gasteiger charge is -2.00. The highest BCUT2D eigenvalue weighted by Crippen LogP contribution is 2.17. The maximum absolute atomic E-state index is 12.7. The van der Waals surface area contributed by atoms with Crippen molar-refractivity contribution in [2.45, 2.75) is 6.54 Å². The first-order valence-corrected chi connectivity index (χ1v) is 6.15. The zero-order valence-electron chi connectivity index (χ0n) is 7.62. The van der Waals surface area contributed by atoms with Gasteiger partial charge in [-0.05, 0) is 56.2 Å². The van der Waals surface area contributed by atoms with Gasteiger partial charge < -0.3 is 0 Å². The van der Waals surface area contributed by atoms with E-state index in [1.165, 1.54) is 12.1 Å². The number of hydrogen-bond donors (Lipinski definition) is 0. The predicted molar refractivity (Wildman–Crippen MR) is 68.1 cm³/mol. The summed E-state index contributed by atoms with van der Waals surface area (Å²) >= 11 is 5.54. The summed E-state index contributed by atoms with van der Waals surface area (Å²) in [6.07, 6.45) is 1.91. The Bertz CT molecular complexity index is 447. The Kier molecular flexibility index (Phi) is 3.40. The molecule has 0 radical (unpaired) electrons. The highest BCUT2D eigenvalue weighted by molar-refractivity contribution is 14.1. The molecule has 0 atom stereocenters. The molecule has 2 nitrogen and oxygen atoms in total.